The van der Waals surface area contributed by atoms with Crippen molar-refractivity contribution >= 4 is 23.6 Å². The summed E-state index contributed by atoms with van der Waals surface area (Å²) >= 11 is 1.56. The first kappa shape index (κ1) is 17.3. The first-order valence-corrected chi connectivity index (χ1v) is 9.99. The lowest BCUT2D eigenvalue weighted by Gasteiger charge is -2.26. The van der Waals surface area contributed by atoms with Crippen LogP contribution in [0.15, 0.2) is 24.5 Å². The summed E-state index contributed by atoms with van der Waals surface area (Å²) in [5, 5.41) is 0. The zero-order valence-electron chi connectivity index (χ0n) is 14.2. The van der Waals surface area contributed by atoms with Crippen LogP contribution in [0.5, 0.6) is 0 Å². The fourth-order valence-corrected chi connectivity index (χ4v) is 4.31. The van der Waals surface area contributed by atoms with Gasteiger partial charge in [-0.1, -0.05) is 6.07 Å². The van der Waals surface area contributed by atoms with E-state index in [0.717, 1.165) is 44.3 Å². The van der Waals surface area contributed by atoms with E-state index in [2.05, 4.69) is 4.98 Å². The van der Waals surface area contributed by atoms with Crippen molar-refractivity contribution in [3.63, 3.8) is 0 Å². The summed E-state index contributed by atoms with van der Waals surface area (Å²) in [5.41, 5.74) is 0.824. The zero-order chi connectivity index (χ0) is 17.0. The zero-order valence-corrected chi connectivity index (χ0v) is 15.1. The molecule has 0 aromatic carbocycles. The van der Waals surface area contributed by atoms with Crippen LogP contribution in [0.1, 0.15) is 31.2 Å². The smallest absolute Gasteiger partial charge is 0.232 e. The number of hydrogen-bond acceptors (Lipinski definition) is 4. The number of pyridine rings is 1. The molecule has 1 unspecified atom stereocenters. The molecule has 130 valence electrons. The van der Waals surface area contributed by atoms with E-state index in [4.69, 9.17) is 0 Å². The van der Waals surface area contributed by atoms with Crippen LogP contribution in [0.2, 0.25) is 0 Å². The Hall–Kier alpha value is -1.56. The Morgan fingerprint density at radius 2 is 2.12 bits per heavy atom. The number of nitrogens with zero attached hydrogens (tertiary/aromatic N) is 3. The van der Waals surface area contributed by atoms with Crippen molar-refractivity contribution in [3.8, 4) is 0 Å². The minimum atomic E-state index is -0.253. The fraction of sp³-hybridized carbons (Fsp3) is 0.611. The first-order valence-electron chi connectivity index (χ1n) is 8.60. The van der Waals surface area contributed by atoms with E-state index in [1.165, 1.54) is 0 Å². The van der Waals surface area contributed by atoms with Gasteiger partial charge in [0.05, 0.1) is 11.2 Å². The molecule has 2 aliphatic heterocycles. The van der Waals surface area contributed by atoms with Gasteiger partial charge in [0.2, 0.25) is 11.8 Å². The summed E-state index contributed by atoms with van der Waals surface area (Å²) in [5.74, 6) is 1.01. The maximum Gasteiger partial charge on any atom is 0.232 e. The van der Waals surface area contributed by atoms with Crippen molar-refractivity contribution in [1.29, 1.82) is 0 Å². The molecule has 2 saturated heterocycles. The number of carbonyl (C=O) groups excluding carboxylic acids is 2. The third-order valence-corrected chi connectivity index (χ3v) is 5.80. The molecule has 1 atom stereocenters. The SMILES string of the molecule is CSCC(=O)N1CCCC2(CC1)CCN(Cc1cccnc1)C2=O. The van der Waals surface area contributed by atoms with Gasteiger partial charge in [0.15, 0.2) is 0 Å². The van der Waals surface area contributed by atoms with Crippen LogP contribution in [-0.2, 0) is 16.1 Å². The molecule has 3 rings (SSSR count). The minimum absolute atomic E-state index is 0.206. The molecule has 6 heteroatoms. The van der Waals surface area contributed by atoms with Crippen molar-refractivity contribution in [2.24, 2.45) is 5.41 Å². The summed E-state index contributed by atoms with van der Waals surface area (Å²) in [6, 6.07) is 3.92. The Kier molecular flexibility index (Phi) is 5.43. The summed E-state index contributed by atoms with van der Waals surface area (Å²) in [4.78, 5) is 33.2. The molecule has 0 saturated carbocycles. The number of amides is 2. The molecule has 1 aromatic heterocycles. The van der Waals surface area contributed by atoms with Crippen molar-refractivity contribution < 1.29 is 9.59 Å². The predicted octanol–water partition coefficient (Wildman–Crippen LogP) is 2.18. The molecule has 0 aliphatic carbocycles. The maximum absolute atomic E-state index is 13.0. The maximum atomic E-state index is 13.0. The quantitative estimate of drug-likeness (QED) is 0.838. The van der Waals surface area contributed by atoms with Gasteiger partial charge >= 0.3 is 0 Å². The minimum Gasteiger partial charge on any atom is -0.342 e. The van der Waals surface area contributed by atoms with E-state index in [0.29, 0.717) is 18.8 Å². The molecule has 2 aliphatic rings. The van der Waals surface area contributed by atoms with Crippen LogP contribution in [-0.4, -0.2) is 58.2 Å². The molecular formula is C18H25N3O2S. The van der Waals surface area contributed by atoms with E-state index < -0.39 is 0 Å². The third kappa shape index (κ3) is 3.58. The van der Waals surface area contributed by atoms with Gasteiger partial charge < -0.3 is 9.80 Å². The Balaban J connectivity index is 1.64. The van der Waals surface area contributed by atoms with Crippen molar-refractivity contribution in [3.05, 3.63) is 30.1 Å². The molecule has 0 radical (unpaired) electrons. The molecular weight excluding hydrogens is 322 g/mol. The molecule has 5 nitrogen and oxygen atoms in total. The standard InChI is InChI=1S/C18H25N3O2S/c1-24-14-16(22)20-9-3-5-18(6-10-20)7-11-21(17(18)23)13-15-4-2-8-19-12-15/h2,4,8,12H,3,5-7,9-11,13-14H2,1H3. The summed E-state index contributed by atoms with van der Waals surface area (Å²) < 4.78 is 0. The van der Waals surface area contributed by atoms with Crippen LogP contribution in [0.25, 0.3) is 0 Å². The van der Waals surface area contributed by atoms with Crippen LogP contribution in [0, 0.1) is 5.41 Å². The molecule has 0 N–H and O–H groups in total. The largest absolute Gasteiger partial charge is 0.342 e. The average molecular weight is 347 g/mol. The average Bonchev–Trinajstić information content (AvgIpc) is 2.77. The molecule has 0 bridgehead atoms. The van der Waals surface area contributed by atoms with Gasteiger partial charge in [-0.2, -0.15) is 11.8 Å². The van der Waals surface area contributed by atoms with Gasteiger partial charge in [0.1, 0.15) is 0 Å². The van der Waals surface area contributed by atoms with Gasteiger partial charge in [-0.3, -0.25) is 14.6 Å². The molecule has 1 aromatic rings. The lowest BCUT2D eigenvalue weighted by atomic mass is 9.79. The van der Waals surface area contributed by atoms with Gasteiger partial charge in [0.25, 0.3) is 0 Å². The molecule has 24 heavy (non-hydrogen) atoms. The Morgan fingerprint density at radius 3 is 2.88 bits per heavy atom. The highest BCUT2D eigenvalue weighted by Gasteiger charge is 2.47. The second kappa shape index (κ2) is 7.55. The van der Waals surface area contributed by atoms with Crippen LogP contribution >= 0.6 is 11.8 Å². The number of thioether (sulfide) groups is 1. The van der Waals surface area contributed by atoms with Gasteiger partial charge in [-0.15, -0.1) is 0 Å². The van der Waals surface area contributed by atoms with Gasteiger partial charge in [-0.05, 0) is 43.6 Å². The highest BCUT2D eigenvalue weighted by atomic mass is 32.2. The van der Waals surface area contributed by atoms with E-state index >= 15 is 0 Å². The molecule has 3 heterocycles. The molecule has 2 amide bonds. The summed E-state index contributed by atoms with van der Waals surface area (Å²) in [6.07, 6.45) is 9.07. The fourth-order valence-electron chi connectivity index (χ4n) is 3.88. The Labute approximate surface area is 147 Å². The van der Waals surface area contributed by atoms with E-state index in [-0.39, 0.29) is 17.2 Å². The molecule has 1 spiro atoms. The number of hydrogen-bond donors (Lipinski definition) is 0. The monoisotopic (exact) mass is 347 g/mol. The Bertz CT molecular complexity index is 595. The third-order valence-electron chi connectivity index (χ3n) is 5.26. The van der Waals surface area contributed by atoms with Crippen molar-refractivity contribution in [2.75, 3.05) is 31.6 Å². The second-order valence-electron chi connectivity index (χ2n) is 6.79. The summed E-state index contributed by atoms with van der Waals surface area (Å²) in [7, 11) is 0. The number of rotatable bonds is 4. The van der Waals surface area contributed by atoms with E-state index in [1.54, 1.807) is 18.0 Å². The molecule has 2 fully saturated rings. The Morgan fingerprint density at radius 1 is 1.29 bits per heavy atom. The lowest BCUT2D eigenvalue weighted by molar-refractivity contribution is -0.137. The summed E-state index contributed by atoms with van der Waals surface area (Å²) in [6.45, 7) is 2.96. The first-order chi connectivity index (χ1) is 11.6. The topological polar surface area (TPSA) is 53.5 Å². The number of aromatic nitrogens is 1. The highest BCUT2D eigenvalue weighted by Crippen LogP contribution is 2.42. The van der Waals surface area contributed by atoms with Gasteiger partial charge in [-0.25, -0.2) is 0 Å². The van der Waals surface area contributed by atoms with Crippen LogP contribution in [0.3, 0.4) is 0 Å². The second-order valence-corrected chi connectivity index (χ2v) is 7.65. The number of carbonyl (C=O) groups is 2. The van der Waals surface area contributed by atoms with Gasteiger partial charge in [0, 0.05) is 38.6 Å². The van der Waals surface area contributed by atoms with Crippen molar-refractivity contribution in [2.45, 2.75) is 32.2 Å². The lowest BCUT2D eigenvalue weighted by Crippen LogP contribution is -2.37. The number of likely N-dealkylation sites (tertiary alicyclic amines) is 2. The van der Waals surface area contributed by atoms with Crippen LogP contribution in [0.4, 0.5) is 0 Å². The van der Waals surface area contributed by atoms with E-state index in [9.17, 15) is 9.59 Å². The van der Waals surface area contributed by atoms with E-state index in [1.807, 2.05) is 34.4 Å². The highest BCUT2D eigenvalue weighted by molar-refractivity contribution is 7.99. The normalized spacial score (nSPS) is 24.5. The predicted molar refractivity (Wildman–Crippen MR) is 95.5 cm³/mol. The van der Waals surface area contributed by atoms with Crippen LogP contribution < -0.4 is 0 Å². The van der Waals surface area contributed by atoms with Crippen molar-refractivity contribution in [1.82, 2.24) is 14.8 Å².